The van der Waals surface area contributed by atoms with Gasteiger partial charge in [0.25, 0.3) is 5.91 Å². The van der Waals surface area contributed by atoms with Gasteiger partial charge in [-0.1, -0.05) is 43.0 Å². The fourth-order valence-corrected chi connectivity index (χ4v) is 4.94. The van der Waals surface area contributed by atoms with Crippen molar-refractivity contribution in [3.05, 3.63) is 76.5 Å². The minimum atomic E-state index is -0.431. The van der Waals surface area contributed by atoms with Crippen molar-refractivity contribution in [2.24, 2.45) is 4.99 Å². The molecule has 188 valence electrons. The van der Waals surface area contributed by atoms with Crippen LogP contribution in [0.25, 0.3) is 0 Å². The third-order valence-corrected chi connectivity index (χ3v) is 6.62. The van der Waals surface area contributed by atoms with Crippen LogP contribution in [0.15, 0.2) is 70.3 Å². The fraction of sp³-hybridized carbons (Fsp3) is 0.296. The minimum Gasteiger partial charge on any atom is -0.493 e. The minimum absolute atomic E-state index is 0.174. The van der Waals surface area contributed by atoms with Crippen molar-refractivity contribution >= 4 is 34.5 Å². The normalized spacial score (nSPS) is 16.4. The van der Waals surface area contributed by atoms with Crippen molar-refractivity contribution in [1.29, 1.82) is 0 Å². The molecule has 2 heterocycles. The van der Waals surface area contributed by atoms with Crippen LogP contribution in [0.5, 0.6) is 11.5 Å². The van der Waals surface area contributed by atoms with Crippen LogP contribution in [0.1, 0.15) is 37.9 Å². The van der Waals surface area contributed by atoms with Crippen molar-refractivity contribution in [1.82, 2.24) is 4.90 Å². The zero-order chi connectivity index (χ0) is 25.7. The number of carbonyl (C=O) groups is 2. The average Bonchev–Trinajstić information content (AvgIpc) is 3.35. The second-order valence-electron chi connectivity index (χ2n) is 8.08. The third kappa shape index (κ3) is 5.26. The van der Waals surface area contributed by atoms with Gasteiger partial charge in [-0.05, 0) is 55.0 Å². The van der Waals surface area contributed by atoms with Gasteiger partial charge in [0.15, 0.2) is 23.3 Å². The smallest absolute Gasteiger partial charge is 0.338 e. The Morgan fingerprint density at radius 3 is 2.69 bits per heavy atom. The van der Waals surface area contributed by atoms with E-state index >= 15 is 0 Å². The highest BCUT2D eigenvalue weighted by Crippen LogP contribution is 2.43. The molecular formula is C27H29N3O5S. The molecule has 1 N–H and O–H groups in total. The van der Waals surface area contributed by atoms with Gasteiger partial charge in [0, 0.05) is 11.9 Å². The van der Waals surface area contributed by atoms with Gasteiger partial charge in [0.2, 0.25) is 0 Å². The number of hydrogen-bond acceptors (Lipinski definition) is 8. The number of aliphatic imine (C=N–C) groups is 1. The van der Waals surface area contributed by atoms with Crippen LogP contribution in [-0.4, -0.2) is 42.3 Å². The van der Waals surface area contributed by atoms with E-state index in [2.05, 4.69) is 10.3 Å². The zero-order valence-corrected chi connectivity index (χ0v) is 21.6. The number of ether oxygens (including phenoxy) is 3. The molecule has 0 unspecified atom stereocenters. The first-order valence-electron chi connectivity index (χ1n) is 11.7. The molecule has 4 rings (SSSR count). The van der Waals surface area contributed by atoms with Gasteiger partial charge in [0.1, 0.15) is 0 Å². The molecule has 0 aliphatic carbocycles. The number of anilines is 1. The highest BCUT2D eigenvalue weighted by molar-refractivity contribution is 8.16. The van der Waals surface area contributed by atoms with Crippen LogP contribution in [0.3, 0.4) is 0 Å². The van der Waals surface area contributed by atoms with E-state index in [9.17, 15) is 9.59 Å². The summed E-state index contributed by atoms with van der Waals surface area (Å²) in [4.78, 5) is 31.9. The average molecular weight is 508 g/mol. The van der Waals surface area contributed by atoms with Crippen LogP contribution in [-0.2, 0) is 20.7 Å². The molecule has 2 aromatic carbocycles. The van der Waals surface area contributed by atoms with Crippen molar-refractivity contribution in [2.45, 2.75) is 33.2 Å². The second-order valence-corrected chi connectivity index (χ2v) is 8.96. The van der Waals surface area contributed by atoms with Crippen molar-refractivity contribution < 1.29 is 23.8 Å². The summed E-state index contributed by atoms with van der Waals surface area (Å²) in [5, 5.41) is 5.61. The van der Waals surface area contributed by atoms with Gasteiger partial charge in [0.05, 0.1) is 31.0 Å². The van der Waals surface area contributed by atoms with Crippen LogP contribution >= 0.6 is 11.8 Å². The Balaban J connectivity index is 1.55. The Bertz CT molecular complexity index is 1250. The molecule has 0 fully saturated rings. The molecule has 0 aromatic heterocycles. The highest BCUT2D eigenvalue weighted by atomic mass is 32.2. The summed E-state index contributed by atoms with van der Waals surface area (Å²) < 4.78 is 16.7. The van der Waals surface area contributed by atoms with Crippen LogP contribution < -0.4 is 14.8 Å². The number of rotatable bonds is 9. The van der Waals surface area contributed by atoms with Crippen molar-refractivity contribution in [3.63, 3.8) is 0 Å². The Morgan fingerprint density at radius 1 is 1.14 bits per heavy atom. The monoisotopic (exact) mass is 507 g/mol. The zero-order valence-electron chi connectivity index (χ0n) is 20.7. The Hall–Kier alpha value is -3.72. The Morgan fingerprint density at radius 2 is 1.94 bits per heavy atom. The SMILES string of the molecule is CCOC(=O)C1=C(C)N=C2SC=CN2[C@@H]1c1ccc(OCC(=O)Nc2ccccc2CC)c(OC)c1. The summed E-state index contributed by atoms with van der Waals surface area (Å²) in [5.41, 5.74) is 3.72. The predicted molar refractivity (Wildman–Crippen MR) is 141 cm³/mol. The number of allylic oxidation sites excluding steroid dienone is 1. The number of benzene rings is 2. The molecular weight excluding hydrogens is 478 g/mol. The van der Waals surface area contributed by atoms with E-state index in [1.807, 2.05) is 66.8 Å². The number of esters is 1. The number of methoxy groups -OCH3 is 1. The number of hydrogen-bond donors (Lipinski definition) is 1. The first kappa shape index (κ1) is 25.4. The van der Waals surface area contributed by atoms with Gasteiger partial charge >= 0.3 is 5.97 Å². The first-order chi connectivity index (χ1) is 17.5. The summed E-state index contributed by atoms with van der Waals surface area (Å²) in [5.74, 6) is 0.207. The van der Waals surface area contributed by atoms with Gasteiger partial charge in [-0.25, -0.2) is 9.79 Å². The fourth-order valence-electron chi connectivity index (χ4n) is 4.15. The second kappa shape index (κ2) is 11.3. The van der Waals surface area contributed by atoms with E-state index in [1.54, 1.807) is 13.0 Å². The molecule has 9 heteroatoms. The largest absolute Gasteiger partial charge is 0.493 e. The summed E-state index contributed by atoms with van der Waals surface area (Å²) in [7, 11) is 1.54. The van der Waals surface area contributed by atoms with E-state index in [0.717, 1.165) is 28.4 Å². The maximum absolute atomic E-state index is 12.9. The molecule has 36 heavy (non-hydrogen) atoms. The summed E-state index contributed by atoms with van der Waals surface area (Å²) in [6.07, 6.45) is 2.71. The predicted octanol–water partition coefficient (Wildman–Crippen LogP) is 5.04. The Labute approximate surface area is 215 Å². The topological polar surface area (TPSA) is 89.5 Å². The van der Waals surface area contributed by atoms with Gasteiger partial charge in [-0.2, -0.15) is 0 Å². The lowest BCUT2D eigenvalue weighted by Gasteiger charge is -2.33. The Kier molecular flexibility index (Phi) is 8.00. The number of nitrogens with zero attached hydrogens (tertiary/aromatic N) is 2. The van der Waals surface area contributed by atoms with Crippen LogP contribution in [0, 0.1) is 0 Å². The maximum atomic E-state index is 12.9. The summed E-state index contributed by atoms with van der Waals surface area (Å²) >= 11 is 1.49. The molecule has 8 nitrogen and oxygen atoms in total. The number of para-hydroxylation sites is 1. The molecule has 2 aromatic rings. The number of carbonyl (C=O) groups excluding carboxylic acids is 2. The number of thioether (sulfide) groups is 1. The summed E-state index contributed by atoms with van der Waals surface area (Å²) in [6.45, 7) is 5.72. The van der Waals surface area contributed by atoms with Crippen molar-refractivity contribution in [3.8, 4) is 11.5 Å². The molecule has 0 saturated heterocycles. The lowest BCUT2D eigenvalue weighted by molar-refractivity contribution is -0.139. The van der Waals surface area contributed by atoms with Crippen LogP contribution in [0.4, 0.5) is 5.69 Å². The molecule has 2 aliphatic heterocycles. The molecule has 1 amide bonds. The highest BCUT2D eigenvalue weighted by Gasteiger charge is 2.37. The quantitative estimate of drug-likeness (QED) is 0.476. The number of amidine groups is 1. The molecule has 1 atom stereocenters. The van der Waals surface area contributed by atoms with Gasteiger partial charge in [-0.15, -0.1) is 0 Å². The standard InChI is InChI=1S/C27H29N3O5S/c1-5-18-9-7-8-10-20(18)29-23(31)16-35-21-12-11-19(15-22(21)33-4)25-24(26(32)34-6-2)17(3)28-27-30(25)13-14-36-27/h7-15,25H,5-6,16H2,1-4H3,(H,29,31)/t25-/m1/s1. The summed E-state index contributed by atoms with van der Waals surface area (Å²) in [6, 6.07) is 12.7. The number of aryl methyl sites for hydroxylation is 1. The van der Waals surface area contributed by atoms with Crippen LogP contribution in [0.2, 0.25) is 0 Å². The van der Waals surface area contributed by atoms with E-state index in [1.165, 1.54) is 18.9 Å². The maximum Gasteiger partial charge on any atom is 0.338 e. The molecule has 0 bridgehead atoms. The number of nitrogens with one attached hydrogen (secondary N) is 1. The van der Waals surface area contributed by atoms with E-state index in [4.69, 9.17) is 14.2 Å². The van der Waals surface area contributed by atoms with E-state index < -0.39 is 12.0 Å². The lowest BCUT2D eigenvalue weighted by Crippen LogP contribution is -2.34. The van der Waals surface area contributed by atoms with E-state index in [-0.39, 0.29) is 19.1 Å². The molecule has 0 saturated carbocycles. The number of amides is 1. The lowest BCUT2D eigenvalue weighted by atomic mass is 9.94. The first-order valence-corrected chi connectivity index (χ1v) is 12.6. The van der Waals surface area contributed by atoms with Gasteiger partial charge < -0.3 is 24.4 Å². The molecule has 0 radical (unpaired) electrons. The van der Waals surface area contributed by atoms with Crippen molar-refractivity contribution in [2.75, 3.05) is 25.6 Å². The number of fused-ring (bicyclic) bond motifs is 1. The van der Waals surface area contributed by atoms with Gasteiger partial charge in [-0.3, -0.25) is 4.79 Å². The third-order valence-electron chi connectivity index (χ3n) is 5.85. The van der Waals surface area contributed by atoms with E-state index in [0.29, 0.717) is 22.8 Å². The molecule has 2 aliphatic rings. The molecule has 0 spiro atoms.